The topological polar surface area (TPSA) is 45.7 Å². The van der Waals surface area contributed by atoms with Gasteiger partial charge in [0.05, 0.1) is 12.2 Å². The van der Waals surface area contributed by atoms with E-state index in [1.165, 1.54) is 0 Å². The van der Waals surface area contributed by atoms with Gasteiger partial charge in [-0.2, -0.15) is 0 Å². The Balaban J connectivity index is 2.17. The highest BCUT2D eigenvalue weighted by molar-refractivity contribution is 5.95. The van der Waals surface area contributed by atoms with E-state index < -0.39 is 0 Å². The second-order valence-corrected chi connectivity index (χ2v) is 5.26. The van der Waals surface area contributed by atoms with Crippen LogP contribution in [0.3, 0.4) is 0 Å². The number of nitrogens with zero attached hydrogens (tertiary/aromatic N) is 3. The van der Waals surface area contributed by atoms with Gasteiger partial charge in [0.2, 0.25) is 0 Å². The molecular formula is C14H21N3O2. The van der Waals surface area contributed by atoms with E-state index in [1.54, 1.807) is 12.3 Å². The van der Waals surface area contributed by atoms with Crippen molar-refractivity contribution in [3.63, 3.8) is 0 Å². The van der Waals surface area contributed by atoms with Crippen LogP contribution in [-0.2, 0) is 4.74 Å². The van der Waals surface area contributed by atoms with Crippen LogP contribution in [0, 0.1) is 0 Å². The van der Waals surface area contributed by atoms with Crippen molar-refractivity contribution in [1.82, 2.24) is 9.88 Å². The molecule has 0 aliphatic carbocycles. The first kappa shape index (κ1) is 13.8. The van der Waals surface area contributed by atoms with Gasteiger partial charge >= 0.3 is 0 Å². The maximum atomic E-state index is 12.5. The second-order valence-electron chi connectivity index (χ2n) is 5.26. The van der Waals surface area contributed by atoms with Gasteiger partial charge in [-0.15, -0.1) is 0 Å². The largest absolute Gasteiger partial charge is 0.372 e. The zero-order valence-corrected chi connectivity index (χ0v) is 12.0. The third-order valence-corrected chi connectivity index (χ3v) is 3.16. The molecule has 1 fully saturated rings. The van der Waals surface area contributed by atoms with E-state index >= 15 is 0 Å². The Labute approximate surface area is 114 Å². The van der Waals surface area contributed by atoms with Gasteiger partial charge in [-0.05, 0) is 26.0 Å². The monoisotopic (exact) mass is 263 g/mol. The van der Waals surface area contributed by atoms with E-state index in [9.17, 15) is 4.79 Å². The molecule has 0 bridgehead atoms. The van der Waals surface area contributed by atoms with Crippen molar-refractivity contribution in [3.05, 3.63) is 23.9 Å². The van der Waals surface area contributed by atoms with Gasteiger partial charge in [0, 0.05) is 38.9 Å². The van der Waals surface area contributed by atoms with Gasteiger partial charge in [-0.25, -0.2) is 4.98 Å². The van der Waals surface area contributed by atoms with E-state index in [0.29, 0.717) is 18.7 Å². The molecule has 19 heavy (non-hydrogen) atoms. The summed E-state index contributed by atoms with van der Waals surface area (Å²) in [5.74, 6) is 0.840. The molecule has 2 heterocycles. The van der Waals surface area contributed by atoms with Crippen molar-refractivity contribution in [2.45, 2.75) is 26.1 Å². The van der Waals surface area contributed by atoms with E-state index in [2.05, 4.69) is 4.98 Å². The average Bonchev–Trinajstić information content (AvgIpc) is 2.37. The summed E-state index contributed by atoms with van der Waals surface area (Å²) in [6.07, 6.45) is 1.85. The van der Waals surface area contributed by atoms with Crippen LogP contribution in [0.1, 0.15) is 24.2 Å². The highest BCUT2D eigenvalue weighted by Crippen LogP contribution is 2.16. The van der Waals surface area contributed by atoms with Crippen LogP contribution >= 0.6 is 0 Å². The molecule has 2 rings (SSSR count). The van der Waals surface area contributed by atoms with Gasteiger partial charge in [-0.1, -0.05) is 0 Å². The van der Waals surface area contributed by atoms with Gasteiger partial charge in [0.1, 0.15) is 5.82 Å². The minimum Gasteiger partial charge on any atom is -0.372 e. The summed E-state index contributed by atoms with van der Waals surface area (Å²) in [7, 11) is 3.82. The molecule has 1 aliphatic rings. The number of morpholine rings is 1. The molecule has 0 saturated carbocycles. The number of hydrogen-bond donors (Lipinski definition) is 0. The summed E-state index contributed by atoms with van der Waals surface area (Å²) < 4.78 is 5.65. The number of rotatable bonds is 2. The summed E-state index contributed by atoms with van der Waals surface area (Å²) >= 11 is 0. The van der Waals surface area contributed by atoms with Gasteiger partial charge < -0.3 is 14.5 Å². The smallest absolute Gasteiger partial charge is 0.254 e. The molecule has 5 nitrogen and oxygen atoms in total. The van der Waals surface area contributed by atoms with Crippen molar-refractivity contribution < 1.29 is 9.53 Å². The van der Waals surface area contributed by atoms with Crippen LogP contribution in [0.25, 0.3) is 0 Å². The fourth-order valence-corrected chi connectivity index (χ4v) is 2.32. The summed E-state index contributed by atoms with van der Waals surface area (Å²) in [6.45, 7) is 5.27. The first-order valence-corrected chi connectivity index (χ1v) is 6.55. The predicted octanol–water partition coefficient (Wildman–Crippen LogP) is 1.40. The third-order valence-electron chi connectivity index (χ3n) is 3.16. The Kier molecular flexibility index (Phi) is 4.04. The Hall–Kier alpha value is -1.62. The summed E-state index contributed by atoms with van der Waals surface area (Å²) in [4.78, 5) is 20.5. The molecule has 0 radical (unpaired) electrons. The molecule has 1 aromatic rings. The molecule has 1 saturated heterocycles. The number of carbonyl (C=O) groups is 1. The Morgan fingerprint density at radius 1 is 1.37 bits per heavy atom. The normalized spacial score (nSPS) is 23.3. The van der Waals surface area contributed by atoms with E-state index in [-0.39, 0.29) is 18.1 Å². The Morgan fingerprint density at radius 3 is 2.58 bits per heavy atom. The first-order valence-electron chi connectivity index (χ1n) is 6.55. The lowest BCUT2D eigenvalue weighted by Crippen LogP contribution is -2.48. The Bertz CT molecular complexity index is 452. The van der Waals surface area contributed by atoms with Crippen molar-refractivity contribution in [1.29, 1.82) is 0 Å². The van der Waals surface area contributed by atoms with Gasteiger partial charge in [-0.3, -0.25) is 4.79 Å². The highest BCUT2D eigenvalue weighted by Gasteiger charge is 2.26. The number of pyridine rings is 1. The van der Waals surface area contributed by atoms with Crippen molar-refractivity contribution in [3.8, 4) is 0 Å². The molecule has 1 aromatic heterocycles. The second kappa shape index (κ2) is 5.57. The summed E-state index contributed by atoms with van der Waals surface area (Å²) in [5.41, 5.74) is 0.681. The molecule has 5 heteroatoms. The summed E-state index contributed by atoms with van der Waals surface area (Å²) in [5, 5.41) is 0. The van der Waals surface area contributed by atoms with Crippen LogP contribution in [0.15, 0.2) is 18.3 Å². The van der Waals surface area contributed by atoms with Crippen LogP contribution in [0.2, 0.25) is 0 Å². The number of anilines is 1. The van der Waals surface area contributed by atoms with Crippen LogP contribution < -0.4 is 4.90 Å². The SMILES string of the molecule is CC1CN(C(=O)c2ccnc(N(C)C)c2)CC(C)O1. The summed E-state index contributed by atoms with van der Waals surface area (Å²) in [6, 6.07) is 3.59. The predicted molar refractivity (Wildman–Crippen MR) is 74.5 cm³/mol. The zero-order chi connectivity index (χ0) is 14.0. The molecular weight excluding hydrogens is 242 g/mol. The number of amides is 1. The molecule has 1 amide bonds. The lowest BCUT2D eigenvalue weighted by Gasteiger charge is -2.35. The zero-order valence-electron chi connectivity index (χ0n) is 12.0. The molecule has 104 valence electrons. The first-order chi connectivity index (χ1) is 8.97. The molecule has 0 spiro atoms. The Morgan fingerprint density at radius 2 is 2.00 bits per heavy atom. The fraction of sp³-hybridized carbons (Fsp3) is 0.571. The van der Waals surface area contributed by atoms with Crippen molar-refractivity contribution >= 4 is 11.7 Å². The van der Waals surface area contributed by atoms with Crippen LogP contribution in [0.5, 0.6) is 0 Å². The molecule has 2 unspecified atom stereocenters. The van der Waals surface area contributed by atoms with Crippen molar-refractivity contribution in [2.75, 3.05) is 32.1 Å². The van der Waals surface area contributed by atoms with Crippen LogP contribution in [-0.4, -0.2) is 55.2 Å². The average molecular weight is 263 g/mol. The van der Waals surface area contributed by atoms with Crippen molar-refractivity contribution in [2.24, 2.45) is 0 Å². The van der Waals surface area contributed by atoms with Crippen LogP contribution in [0.4, 0.5) is 5.82 Å². The number of aromatic nitrogens is 1. The lowest BCUT2D eigenvalue weighted by molar-refractivity contribution is -0.0586. The van der Waals surface area contributed by atoms with Gasteiger partial charge in [0.25, 0.3) is 5.91 Å². The number of carbonyl (C=O) groups excluding carboxylic acids is 1. The lowest BCUT2D eigenvalue weighted by atomic mass is 10.1. The van der Waals surface area contributed by atoms with E-state index in [1.807, 2.05) is 43.8 Å². The minimum absolute atomic E-state index is 0.0486. The molecule has 0 N–H and O–H groups in total. The molecule has 2 atom stereocenters. The van der Waals surface area contributed by atoms with Gasteiger partial charge in [0.15, 0.2) is 0 Å². The minimum atomic E-state index is 0.0486. The molecule has 0 aromatic carbocycles. The fourth-order valence-electron chi connectivity index (χ4n) is 2.32. The maximum absolute atomic E-state index is 12.5. The standard InChI is InChI=1S/C14H21N3O2/c1-10-8-17(9-11(2)19-10)14(18)12-5-6-15-13(7-12)16(3)4/h5-7,10-11H,8-9H2,1-4H3. The quantitative estimate of drug-likeness (QED) is 0.809. The van der Waals surface area contributed by atoms with E-state index in [4.69, 9.17) is 4.74 Å². The van der Waals surface area contributed by atoms with E-state index in [0.717, 1.165) is 5.82 Å². The third kappa shape index (κ3) is 3.23. The number of ether oxygens (including phenoxy) is 1. The molecule has 1 aliphatic heterocycles. The maximum Gasteiger partial charge on any atom is 0.254 e. The highest BCUT2D eigenvalue weighted by atomic mass is 16.5. The number of hydrogen-bond acceptors (Lipinski definition) is 4.